The van der Waals surface area contributed by atoms with Gasteiger partial charge in [-0.15, -0.1) is 5.10 Å². The number of aryl methyl sites for hydroxylation is 2. The van der Waals surface area contributed by atoms with Crippen LogP contribution in [0.2, 0.25) is 0 Å². The predicted molar refractivity (Wildman–Crippen MR) is 97.6 cm³/mol. The van der Waals surface area contributed by atoms with E-state index >= 15 is 0 Å². The van der Waals surface area contributed by atoms with Crippen LogP contribution in [0.15, 0.2) is 42.5 Å². The molecule has 0 amide bonds. The SMILES string of the molecule is CCc1cccc(C(c2ccc3c(c2)nnn3C)C(C)(C)C(=O)O)c1. The number of hydrogen-bond acceptors (Lipinski definition) is 3. The molecule has 1 heterocycles. The Kier molecular flexibility index (Phi) is 4.33. The quantitative estimate of drug-likeness (QED) is 0.769. The Bertz CT molecular complexity index is 928. The van der Waals surface area contributed by atoms with E-state index < -0.39 is 11.4 Å². The summed E-state index contributed by atoms with van der Waals surface area (Å²) < 4.78 is 1.72. The van der Waals surface area contributed by atoms with Gasteiger partial charge in [0.05, 0.1) is 10.9 Å². The van der Waals surface area contributed by atoms with E-state index in [-0.39, 0.29) is 5.92 Å². The molecule has 0 aliphatic heterocycles. The second-order valence-corrected chi connectivity index (χ2v) is 7.02. The molecule has 0 saturated carbocycles. The first-order chi connectivity index (χ1) is 11.8. The number of benzene rings is 2. The highest BCUT2D eigenvalue weighted by Gasteiger charge is 2.39. The lowest BCUT2D eigenvalue weighted by Crippen LogP contribution is -2.32. The molecule has 25 heavy (non-hydrogen) atoms. The van der Waals surface area contributed by atoms with Crippen LogP contribution >= 0.6 is 0 Å². The lowest BCUT2D eigenvalue weighted by molar-refractivity contribution is -0.147. The molecule has 2 aromatic carbocycles. The standard InChI is InChI=1S/C20H23N3O2/c1-5-13-7-6-8-14(11-13)18(20(2,3)19(24)25)15-9-10-17-16(12-15)21-22-23(17)4/h6-12,18H,5H2,1-4H3,(H,24,25). The minimum absolute atomic E-state index is 0.275. The van der Waals surface area contributed by atoms with Gasteiger partial charge in [-0.2, -0.15) is 0 Å². The van der Waals surface area contributed by atoms with Crippen LogP contribution in [0.3, 0.4) is 0 Å². The predicted octanol–water partition coefficient (Wildman–Crippen LogP) is 3.77. The molecule has 3 rings (SSSR count). The summed E-state index contributed by atoms with van der Waals surface area (Å²) in [6, 6.07) is 14.1. The first-order valence-corrected chi connectivity index (χ1v) is 8.46. The van der Waals surface area contributed by atoms with E-state index in [2.05, 4.69) is 29.4 Å². The third-order valence-corrected chi connectivity index (χ3v) is 4.93. The van der Waals surface area contributed by atoms with Crippen molar-refractivity contribution in [1.82, 2.24) is 15.0 Å². The molecule has 0 aliphatic rings. The molecule has 3 aromatic rings. The molecule has 0 aliphatic carbocycles. The first kappa shape index (κ1) is 17.1. The van der Waals surface area contributed by atoms with Crippen molar-refractivity contribution in [2.45, 2.75) is 33.1 Å². The zero-order chi connectivity index (χ0) is 18.2. The van der Waals surface area contributed by atoms with Crippen molar-refractivity contribution in [3.8, 4) is 0 Å². The topological polar surface area (TPSA) is 68.0 Å². The van der Waals surface area contributed by atoms with Gasteiger partial charge in [0.15, 0.2) is 0 Å². The second-order valence-electron chi connectivity index (χ2n) is 7.02. The molecule has 0 saturated heterocycles. The van der Waals surface area contributed by atoms with Gasteiger partial charge >= 0.3 is 5.97 Å². The van der Waals surface area contributed by atoms with Crippen LogP contribution in [0.25, 0.3) is 11.0 Å². The van der Waals surface area contributed by atoms with E-state index in [0.717, 1.165) is 28.6 Å². The Morgan fingerprint density at radius 3 is 2.60 bits per heavy atom. The van der Waals surface area contributed by atoms with Crippen LogP contribution < -0.4 is 0 Å². The summed E-state index contributed by atoms with van der Waals surface area (Å²) in [5, 5.41) is 18.1. The normalized spacial score (nSPS) is 13.1. The van der Waals surface area contributed by atoms with Crippen LogP contribution in [0.4, 0.5) is 0 Å². The second kappa shape index (κ2) is 6.31. The highest BCUT2D eigenvalue weighted by atomic mass is 16.4. The fourth-order valence-corrected chi connectivity index (χ4v) is 3.38. The molecule has 0 bridgehead atoms. The number of carboxylic acids is 1. The molecular formula is C20H23N3O2. The monoisotopic (exact) mass is 337 g/mol. The smallest absolute Gasteiger partial charge is 0.310 e. The molecule has 1 aromatic heterocycles. The molecule has 1 unspecified atom stereocenters. The molecule has 0 radical (unpaired) electrons. The van der Waals surface area contributed by atoms with Crippen molar-refractivity contribution in [3.05, 3.63) is 59.2 Å². The lowest BCUT2D eigenvalue weighted by Gasteiger charge is -2.31. The Labute approximate surface area is 147 Å². The van der Waals surface area contributed by atoms with Crippen LogP contribution in [0.5, 0.6) is 0 Å². The maximum absolute atomic E-state index is 12.0. The summed E-state index contributed by atoms with van der Waals surface area (Å²) in [6.07, 6.45) is 0.914. The minimum atomic E-state index is -0.956. The van der Waals surface area contributed by atoms with Crippen molar-refractivity contribution >= 4 is 17.0 Å². The molecule has 1 N–H and O–H groups in total. The number of hydrogen-bond donors (Lipinski definition) is 1. The van der Waals surface area contributed by atoms with Gasteiger partial charge in [0.25, 0.3) is 0 Å². The molecule has 1 atom stereocenters. The molecule has 0 fully saturated rings. The van der Waals surface area contributed by atoms with Gasteiger partial charge in [-0.05, 0) is 49.1 Å². The van der Waals surface area contributed by atoms with Crippen molar-refractivity contribution in [1.29, 1.82) is 0 Å². The Morgan fingerprint density at radius 1 is 1.20 bits per heavy atom. The largest absolute Gasteiger partial charge is 0.481 e. The highest BCUT2D eigenvalue weighted by molar-refractivity contribution is 5.79. The summed E-state index contributed by atoms with van der Waals surface area (Å²) in [5.41, 5.74) is 3.89. The summed E-state index contributed by atoms with van der Waals surface area (Å²) in [6.45, 7) is 5.65. The van der Waals surface area contributed by atoms with Gasteiger partial charge in [0, 0.05) is 13.0 Å². The third-order valence-electron chi connectivity index (χ3n) is 4.93. The maximum Gasteiger partial charge on any atom is 0.310 e. The molecule has 0 spiro atoms. The maximum atomic E-state index is 12.0. The van der Waals surface area contributed by atoms with Gasteiger partial charge in [0.2, 0.25) is 0 Å². The lowest BCUT2D eigenvalue weighted by atomic mass is 9.71. The summed E-state index contributed by atoms with van der Waals surface area (Å²) in [5.74, 6) is -1.10. The Balaban J connectivity index is 2.20. The van der Waals surface area contributed by atoms with E-state index in [1.54, 1.807) is 18.5 Å². The number of carbonyl (C=O) groups is 1. The highest BCUT2D eigenvalue weighted by Crippen LogP contribution is 2.42. The number of aliphatic carboxylic acids is 1. The van der Waals surface area contributed by atoms with Crippen molar-refractivity contribution in [2.75, 3.05) is 0 Å². The van der Waals surface area contributed by atoms with Gasteiger partial charge in [0.1, 0.15) is 5.52 Å². The van der Waals surface area contributed by atoms with Gasteiger partial charge < -0.3 is 5.11 Å². The van der Waals surface area contributed by atoms with Gasteiger partial charge in [-0.1, -0.05) is 42.5 Å². The van der Waals surface area contributed by atoms with Crippen molar-refractivity contribution in [3.63, 3.8) is 0 Å². The molecule has 5 nitrogen and oxygen atoms in total. The minimum Gasteiger partial charge on any atom is -0.481 e. The van der Waals surface area contributed by atoms with E-state index in [0.29, 0.717) is 0 Å². The zero-order valence-corrected chi connectivity index (χ0v) is 15.0. The Hall–Kier alpha value is -2.69. The average molecular weight is 337 g/mol. The average Bonchev–Trinajstić information content (AvgIpc) is 2.95. The summed E-state index contributed by atoms with van der Waals surface area (Å²) >= 11 is 0. The van der Waals surface area contributed by atoms with Crippen LogP contribution in [0, 0.1) is 5.41 Å². The van der Waals surface area contributed by atoms with Crippen molar-refractivity contribution < 1.29 is 9.90 Å². The van der Waals surface area contributed by atoms with Gasteiger partial charge in [-0.25, -0.2) is 4.68 Å². The number of aromatic nitrogens is 3. The number of fused-ring (bicyclic) bond motifs is 1. The zero-order valence-electron chi connectivity index (χ0n) is 15.0. The molecule has 5 heteroatoms. The van der Waals surface area contributed by atoms with Gasteiger partial charge in [-0.3, -0.25) is 4.79 Å². The molecular weight excluding hydrogens is 314 g/mol. The summed E-state index contributed by atoms with van der Waals surface area (Å²) in [7, 11) is 1.85. The Morgan fingerprint density at radius 2 is 1.92 bits per heavy atom. The first-order valence-electron chi connectivity index (χ1n) is 8.46. The van der Waals surface area contributed by atoms with E-state index in [1.165, 1.54) is 5.56 Å². The fraction of sp³-hybridized carbons (Fsp3) is 0.350. The fourth-order valence-electron chi connectivity index (χ4n) is 3.38. The van der Waals surface area contributed by atoms with E-state index in [4.69, 9.17) is 0 Å². The van der Waals surface area contributed by atoms with Crippen LogP contribution in [-0.2, 0) is 18.3 Å². The summed E-state index contributed by atoms with van der Waals surface area (Å²) in [4.78, 5) is 12.0. The van der Waals surface area contributed by atoms with Crippen molar-refractivity contribution in [2.24, 2.45) is 12.5 Å². The number of carboxylic acid groups (broad SMARTS) is 1. The van der Waals surface area contributed by atoms with Crippen LogP contribution in [-0.4, -0.2) is 26.1 Å². The van der Waals surface area contributed by atoms with E-state index in [1.807, 2.05) is 37.4 Å². The number of rotatable bonds is 5. The molecule has 130 valence electrons. The number of nitrogens with zero attached hydrogens (tertiary/aromatic N) is 3. The third kappa shape index (κ3) is 3.02. The van der Waals surface area contributed by atoms with E-state index in [9.17, 15) is 9.90 Å². The van der Waals surface area contributed by atoms with Crippen LogP contribution in [0.1, 0.15) is 43.4 Å².